The van der Waals surface area contributed by atoms with Crippen LogP contribution >= 0.6 is 0 Å². The third-order valence-corrected chi connectivity index (χ3v) is 4.11. The predicted molar refractivity (Wildman–Crippen MR) is 92.2 cm³/mol. The van der Waals surface area contributed by atoms with Crippen LogP contribution in [0.2, 0.25) is 0 Å². The second kappa shape index (κ2) is 7.90. The van der Waals surface area contributed by atoms with E-state index in [1.165, 1.54) is 6.07 Å². The molecule has 6 heteroatoms. The SMILES string of the molecule is COc1cccc(C(O)CNC(C)c2cccc([N+](=O)[O-])c2C)c1. The molecule has 128 valence electrons. The molecule has 2 aromatic carbocycles. The van der Waals surface area contributed by atoms with Crippen LogP contribution in [0, 0.1) is 17.0 Å². The number of ether oxygens (including phenoxy) is 1. The molecule has 0 saturated carbocycles. The summed E-state index contributed by atoms with van der Waals surface area (Å²) in [6.45, 7) is 3.99. The molecule has 0 saturated heterocycles. The molecule has 0 radical (unpaired) electrons. The van der Waals surface area contributed by atoms with Gasteiger partial charge < -0.3 is 15.2 Å². The fraction of sp³-hybridized carbons (Fsp3) is 0.333. The normalized spacial score (nSPS) is 13.3. The van der Waals surface area contributed by atoms with Crippen molar-refractivity contribution in [2.45, 2.75) is 26.0 Å². The Morgan fingerprint density at radius 2 is 2.00 bits per heavy atom. The van der Waals surface area contributed by atoms with Crippen molar-refractivity contribution in [3.63, 3.8) is 0 Å². The van der Waals surface area contributed by atoms with Crippen molar-refractivity contribution >= 4 is 5.69 Å². The zero-order valence-electron chi connectivity index (χ0n) is 14.0. The number of rotatable bonds is 7. The average Bonchev–Trinajstić information content (AvgIpc) is 2.59. The smallest absolute Gasteiger partial charge is 0.272 e. The van der Waals surface area contributed by atoms with E-state index in [1.807, 2.05) is 31.2 Å². The molecule has 24 heavy (non-hydrogen) atoms. The Bertz CT molecular complexity index is 718. The molecule has 0 heterocycles. The van der Waals surface area contributed by atoms with Gasteiger partial charge in [-0.2, -0.15) is 0 Å². The van der Waals surface area contributed by atoms with E-state index in [1.54, 1.807) is 26.2 Å². The van der Waals surface area contributed by atoms with Crippen LogP contribution in [-0.2, 0) is 0 Å². The second-order valence-electron chi connectivity index (χ2n) is 5.67. The third kappa shape index (κ3) is 4.10. The quantitative estimate of drug-likeness (QED) is 0.601. The molecule has 6 nitrogen and oxygen atoms in total. The van der Waals surface area contributed by atoms with Gasteiger partial charge in [-0.1, -0.05) is 24.3 Å². The van der Waals surface area contributed by atoms with Gasteiger partial charge in [0.1, 0.15) is 5.75 Å². The van der Waals surface area contributed by atoms with Crippen molar-refractivity contribution in [1.29, 1.82) is 0 Å². The van der Waals surface area contributed by atoms with Gasteiger partial charge in [-0.3, -0.25) is 10.1 Å². The standard InChI is InChI=1S/C18H22N2O4/c1-12-16(8-5-9-17(12)20(22)23)13(2)19-11-18(21)14-6-4-7-15(10-14)24-3/h4-10,13,18-19,21H,11H2,1-3H3. The number of hydrogen-bond donors (Lipinski definition) is 2. The highest BCUT2D eigenvalue weighted by molar-refractivity contribution is 5.45. The van der Waals surface area contributed by atoms with E-state index in [9.17, 15) is 15.2 Å². The minimum Gasteiger partial charge on any atom is -0.497 e. The van der Waals surface area contributed by atoms with Gasteiger partial charge in [0.25, 0.3) is 5.69 Å². The van der Waals surface area contributed by atoms with E-state index in [-0.39, 0.29) is 16.7 Å². The van der Waals surface area contributed by atoms with E-state index in [0.29, 0.717) is 17.9 Å². The summed E-state index contributed by atoms with van der Waals surface area (Å²) in [5, 5.41) is 24.6. The fourth-order valence-electron chi connectivity index (χ4n) is 2.67. The lowest BCUT2D eigenvalue weighted by Crippen LogP contribution is -2.25. The van der Waals surface area contributed by atoms with Crippen LogP contribution in [0.25, 0.3) is 0 Å². The molecular weight excluding hydrogens is 308 g/mol. The summed E-state index contributed by atoms with van der Waals surface area (Å²) in [6, 6.07) is 12.2. The highest BCUT2D eigenvalue weighted by Crippen LogP contribution is 2.26. The third-order valence-electron chi connectivity index (χ3n) is 4.11. The van der Waals surface area contributed by atoms with E-state index in [4.69, 9.17) is 4.74 Å². The second-order valence-corrected chi connectivity index (χ2v) is 5.67. The molecule has 2 N–H and O–H groups in total. The number of methoxy groups -OCH3 is 1. The summed E-state index contributed by atoms with van der Waals surface area (Å²) in [7, 11) is 1.58. The van der Waals surface area contributed by atoms with E-state index in [0.717, 1.165) is 11.1 Å². The van der Waals surface area contributed by atoms with Gasteiger partial charge in [-0.25, -0.2) is 0 Å². The molecule has 2 rings (SSSR count). The van der Waals surface area contributed by atoms with E-state index >= 15 is 0 Å². The molecule has 2 unspecified atom stereocenters. The van der Waals surface area contributed by atoms with Crippen molar-refractivity contribution in [3.05, 3.63) is 69.3 Å². The van der Waals surface area contributed by atoms with Gasteiger partial charge in [-0.05, 0) is 37.1 Å². The zero-order valence-corrected chi connectivity index (χ0v) is 14.0. The lowest BCUT2D eigenvalue weighted by atomic mass is 10.0. The number of nitrogens with one attached hydrogen (secondary N) is 1. The predicted octanol–water partition coefficient (Wildman–Crippen LogP) is 3.30. The molecule has 0 aromatic heterocycles. The van der Waals surface area contributed by atoms with Crippen LogP contribution in [0.5, 0.6) is 5.75 Å². The summed E-state index contributed by atoms with van der Waals surface area (Å²) < 4.78 is 5.16. The van der Waals surface area contributed by atoms with E-state index in [2.05, 4.69) is 5.32 Å². The van der Waals surface area contributed by atoms with Crippen molar-refractivity contribution < 1.29 is 14.8 Å². The molecule has 0 aliphatic carbocycles. The molecule has 0 spiro atoms. The fourth-order valence-corrected chi connectivity index (χ4v) is 2.67. The van der Waals surface area contributed by atoms with Crippen molar-refractivity contribution in [2.75, 3.05) is 13.7 Å². The number of hydrogen-bond acceptors (Lipinski definition) is 5. The lowest BCUT2D eigenvalue weighted by molar-refractivity contribution is -0.385. The Labute approximate surface area is 141 Å². The van der Waals surface area contributed by atoms with Crippen LogP contribution < -0.4 is 10.1 Å². The van der Waals surface area contributed by atoms with Crippen LogP contribution in [0.15, 0.2) is 42.5 Å². The number of nitro groups is 1. The molecule has 2 aromatic rings. The average molecular weight is 330 g/mol. The maximum atomic E-state index is 11.0. The Morgan fingerprint density at radius 1 is 1.29 bits per heavy atom. The van der Waals surface area contributed by atoms with E-state index < -0.39 is 6.10 Å². The highest BCUT2D eigenvalue weighted by Gasteiger charge is 2.18. The summed E-state index contributed by atoms with van der Waals surface area (Å²) in [4.78, 5) is 10.7. The molecule has 0 aliphatic rings. The topological polar surface area (TPSA) is 84.6 Å². The molecule has 0 amide bonds. The van der Waals surface area contributed by atoms with Gasteiger partial charge in [0.05, 0.1) is 18.1 Å². The first kappa shape index (κ1) is 17.9. The molecule has 0 bridgehead atoms. The maximum Gasteiger partial charge on any atom is 0.272 e. The Kier molecular flexibility index (Phi) is 5.89. The zero-order chi connectivity index (χ0) is 17.7. The first-order valence-corrected chi connectivity index (χ1v) is 7.73. The Hall–Kier alpha value is -2.44. The van der Waals surface area contributed by atoms with Gasteiger partial charge in [0, 0.05) is 24.2 Å². The summed E-state index contributed by atoms with van der Waals surface area (Å²) >= 11 is 0. The number of benzene rings is 2. The Morgan fingerprint density at radius 3 is 2.67 bits per heavy atom. The van der Waals surface area contributed by atoms with Gasteiger partial charge >= 0.3 is 0 Å². The summed E-state index contributed by atoms with van der Waals surface area (Å²) in [5.41, 5.74) is 2.35. The van der Waals surface area contributed by atoms with Gasteiger partial charge in [0.2, 0.25) is 0 Å². The number of nitrogens with zero attached hydrogens (tertiary/aromatic N) is 1. The van der Waals surface area contributed by atoms with Gasteiger partial charge in [0.15, 0.2) is 0 Å². The monoisotopic (exact) mass is 330 g/mol. The van der Waals surface area contributed by atoms with Crippen molar-refractivity contribution in [3.8, 4) is 5.75 Å². The number of aliphatic hydroxyl groups excluding tert-OH is 1. The highest BCUT2D eigenvalue weighted by atomic mass is 16.6. The van der Waals surface area contributed by atoms with Crippen LogP contribution in [-0.4, -0.2) is 23.7 Å². The van der Waals surface area contributed by atoms with Gasteiger partial charge in [-0.15, -0.1) is 0 Å². The first-order valence-electron chi connectivity index (χ1n) is 7.73. The summed E-state index contributed by atoms with van der Waals surface area (Å²) in [5.74, 6) is 0.689. The molecule has 0 aliphatic heterocycles. The van der Waals surface area contributed by atoms with Crippen LogP contribution in [0.3, 0.4) is 0 Å². The minimum atomic E-state index is -0.693. The lowest BCUT2D eigenvalue weighted by Gasteiger charge is -2.19. The van der Waals surface area contributed by atoms with Crippen LogP contribution in [0.4, 0.5) is 5.69 Å². The van der Waals surface area contributed by atoms with Crippen molar-refractivity contribution in [2.24, 2.45) is 0 Å². The number of aliphatic hydroxyl groups is 1. The minimum absolute atomic E-state index is 0.106. The van der Waals surface area contributed by atoms with Crippen LogP contribution in [0.1, 0.15) is 35.8 Å². The maximum absolute atomic E-state index is 11.0. The molecule has 2 atom stereocenters. The largest absolute Gasteiger partial charge is 0.497 e. The first-order chi connectivity index (χ1) is 11.4. The Balaban J connectivity index is 2.06. The number of nitro benzene ring substituents is 1. The van der Waals surface area contributed by atoms with Crippen molar-refractivity contribution in [1.82, 2.24) is 5.32 Å². The molecule has 0 fully saturated rings. The summed E-state index contributed by atoms with van der Waals surface area (Å²) in [6.07, 6.45) is -0.693. The molecular formula is C18H22N2O4.